The van der Waals surface area contributed by atoms with Crippen molar-refractivity contribution in [1.82, 2.24) is 25.6 Å². The largest absolute Gasteiger partial charge is 0.368 e. The zero-order valence-electron chi connectivity index (χ0n) is 14.2. The SMILES string of the molecule is O=C1CN(c2cc3nccnc3c(NCC3CCCNC3)n2)CCN1. The lowest BCUT2D eigenvalue weighted by Crippen LogP contribution is -2.48. The van der Waals surface area contributed by atoms with Crippen LogP contribution in [0.5, 0.6) is 0 Å². The Morgan fingerprint density at radius 2 is 2.20 bits per heavy atom. The number of rotatable bonds is 4. The molecule has 0 radical (unpaired) electrons. The summed E-state index contributed by atoms with van der Waals surface area (Å²) >= 11 is 0. The summed E-state index contributed by atoms with van der Waals surface area (Å²) < 4.78 is 0. The van der Waals surface area contributed by atoms with Gasteiger partial charge in [-0.3, -0.25) is 9.78 Å². The van der Waals surface area contributed by atoms with Crippen molar-refractivity contribution in [2.75, 3.05) is 49.5 Å². The number of amides is 1. The highest BCUT2D eigenvalue weighted by atomic mass is 16.2. The lowest BCUT2D eigenvalue weighted by Gasteiger charge is -2.28. The number of hydrogen-bond acceptors (Lipinski definition) is 7. The maximum Gasteiger partial charge on any atom is 0.239 e. The van der Waals surface area contributed by atoms with Crippen LogP contribution in [-0.2, 0) is 4.79 Å². The first-order valence-electron chi connectivity index (χ1n) is 8.87. The monoisotopic (exact) mass is 341 g/mol. The second kappa shape index (κ2) is 7.18. The number of nitrogens with zero attached hydrogens (tertiary/aromatic N) is 4. The molecule has 8 heteroatoms. The molecule has 2 fully saturated rings. The van der Waals surface area contributed by atoms with Crippen LogP contribution < -0.4 is 20.9 Å². The number of aromatic nitrogens is 3. The van der Waals surface area contributed by atoms with E-state index in [4.69, 9.17) is 4.98 Å². The first kappa shape index (κ1) is 16.0. The van der Waals surface area contributed by atoms with Crippen molar-refractivity contribution in [3.05, 3.63) is 18.5 Å². The number of carbonyl (C=O) groups excluding carboxylic acids is 1. The second-order valence-electron chi connectivity index (χ2n) is 6.62. The third kappa shape index (κ3) is 3.63. The number of piperidine rings is 1. The third-order valence-corrected chi connectivity index (χ3v) is 4.76. The minimum Gasteiger partial charge on any atom is -0.368 e. The van der Waals surface area contributed by atoms with E-state index >= 15 is 0 Å². The van der Waals surface area contributed by atoms with Gasteiger partial charge in [-0.05, 0) is 31.8 Å². The Labute approximate surface area is 146 Å². The number of fused-ring (bicyclic) bond motifs is 1. The lowest BCUT2D eigenvalue weighted by molar-refractivity contribution is -0.120. The molecule has 25 heavy (non-hydrogen) atoms. The molecule has 0 saturated carbocycles. The van der Waals surface area contributed by atoms with E-state index in [1.165, 1.54) is 12.8 Å². The van der Waals surface area contributed by atoms with Crippen LogP contribution in [0, 0.1) is 5.92 Å². The molecule has 2 aromatic rings. The van der Waals surface area contributed by atoms with E-state index in [1.54, 1.807) is 12.4 Å². The van der Waals surface area contributed by atoms with Gasteiger partial charge in [0, 0.05) is 38.1 Å². The van der Waals surface area contributed by atoms with Crippen molar-refractivity contribution in [3.8, 4) is 0 Å². The fourth-order valence-electron chi connectivity index (χ4n) is 3.42. The van der Waals surface area contributed by atoms with E-state index in [-0.39, 0.29) is 5.91 Å². The number of pyridine rings is 1. The molecule has 1 unspecified atom stereocenters. The molecule has 8 nitrogen and oxygen atoms in total. The van der Waals surface area contributed by atoms with Crippen LogP contribution in [0.4, 0.5) is 11.6 Å². The lowest BCUT2D eigenvalue weighted by atomic mass is 10.00. The smallest absolute Gasteiger partial charge is 0.239 e. The zero-order chi connectivity index (χ0) is 17.1. The van der Waals surface area contributed by atoms with Crippen LogP contribution in [0.3, 0.4) is 0 Å². The quantitative estimate of drug-likeness (QED) is 0.740. The van der Waals surface area contributed by atoms with Crippen molar-refractivity contribution in [2.24, 2.45) is 5.92 Å². The predicted molar refractivity (Wildman–Crippen MR) is 96.6 cm³/mol. The van der Waals surface area contributed by atoms with Crippen LogP contribution >= 0.6 is 0 Å². The van der Waals surface area contributed by atoms with Gasteiger partial charge in [0.1, 0.15) is 11.3 Å². The van der Waals surface area contributed by atoms with Gasteiger partial charge in [-0.1, -0.05) is 0 Å². The Balaban J connectivity index is 1.60. The minimum atomic E-state index is 0.0232. The Bertz CT molecular complexity index is 760. The summed E-state index contributed by atoms with van der Waals surface area (Å²) in [7, 11) is 0. The molecule has 3 N–H and O–H groups in total. The molecular weight excluding hydrogens is 318 g/mol. The number of piperazine rings is 1. The van der Waals surface area contributed by atoms with E-state index in [2.05, 4.69) is 25.9 Å². The summed E-state index contributed by atoms with van der Waals surface area (Å²) in [4.78, 5) is 27.3. The van der Waals surface area contributed by atoms with Gasteiger partial charge in [-0.25, -0.2) is 9.97 Å². The third-order valence-electron chi connectivity index (χ3n) is 4.76. The highest BCUT2D eigenvalue weighted by Crippen LogP contribution is 2.24. The summed E-state index contributed by atoms with van der Waals surface area (Å²) in [6.45, 7) is 4.70. The van der Waals surface area contributed by atoms with Gasteiger partial charge in [0.2, 0.25) is 5.91 Å². The summed E-state index contributed by atoms with van der Waals surface area (Å²) in [5.74, 6) is 2.13. The Morgan fingerprint density at radius 3 is 3.04 bits per heavy atom. The highest BCUT2D eigenvalue weighted by Gasteiger charge is 2.20. The molecule has 2 aliphatic rings. The molecule has 0 aliphatic carbocycles. The van der Waals surface area contributed by atoms with Gasteiger partial charge in [0.05, 0.1) is 12.1 Å². The molecule has 2 aliphatic heterocycles. The van der Waals surface area contributed by atoms with E-state index < -0.39 is 0 Å². The van der Waals surface area contributed by atoms with Crippen molar-refractivity contribution < 1.29 is 4.79 Å². The fraction of sp³-hybridized carbons (Fsp3) is 0.529. The van der Waals surface area contributed by atoms with Crippen molar-refractivity contribution in [3.63, 3.8) is 0 Å². The summed E-state index contributed by atoms with van der Waals surface area (Å²) in [6.07, 6.45) is 5.80. The van der Waals surface area contributed by atoms with Crippen LogP contribution in [0.15, 0.2) is 18.5 Å². The maximum absolute atomic E-state index is 11.7. The van der Waals surface area contributed by atoms with Gasteiger partial charge >= 0.3 is 0 Å². The number of carbonyl (C=O) groups is 1. The average molecular weight is 341 g/mol. The van der Waals surface area contributed by atoms with E-state index in [0.717, 1.165) is 48.8 Å². The Morgan fingerprint density at radius 1 is 1.28 bits per heavy atom. The first-order valence-corrected chi connectivity index (χ1v) is 8.87. The molecule has 4 heterocycles. The van der Waals surface area contributed by atoms with Crippen LogP contribution in [0.2, 0.25) is 0 Å². The first-order chi connectivity index (χ1) is 12.3. The molecule has 2 aromatic heterocycles. The van der Waals surface area contributed by atoms with Gasteiger partial charge in [-0.15, -0.1) is 0 Å². The second-order valence-corrected chi connectivity index (χ2v) is 6.62. The molecule has 1 amide bonds. The molecular formula is C17H23N7O. The summed E-state index contributed by atoms with van der Waals surface area (Å²) in [5.41, 5.74) is 1.57. The van der Waals surface area contributed by atoms with Crippen LogP contribution in [0.1, 0.15) is 12.8 Å². The molecule has 4 rings (SSSR count). The molecule has 2 saturated heterocycles. The average Bonchev–Trinajstić information content (AvgIpc) is 2.67. The van der Waals surface area contributed by atoms with Crippen LogP contribution in [0.25, 0.3) is 11.0 Å². The van der Waals surface area contributed by atoms with Gasteiger partial charge in [-0.2, -0.15) is 0 Å². The maximum atomic E-state index is 11.7. The zero-order valence-corrected chi connectivity index (χ0v) is 14.2. The fourth-order valence-corrected chi connectivity index (χ4v) is 3.42. The summed E-state index contributed by atoms with van der Waals surface area (Å²) in [6, 6.07) is 1.91. The number of nitrogens with one attached hydrogen (secondary N) is 3. The van der Waals surface area contributed by atoms with E-state index in [0.29, 0.717) is 19.0 Å². The van der Waals surface area contributed by atoms with Gasteiger partial charge < -0.3 is 20.9 Å². The Kier molecular flexibility index (Phi) is 4.60. The van der Waals surface area contributed by atoms with Gasteiger partial charge in [0.15, 0.2) is 5.82 Å². The number of anilines is 2. The highest BCUT2D eigenvalue weighted by molar-refractivity contribution is 5.89. The van der Waals surface area contributed by atoms with E-state index in [1.807, 2.05) is 11.0 Å². The topological polar surface area (TPSA) is 95.1 Å². The molecule has 0 bridgehead atoms. The van der Waals surface area contributed by atoms with Gasteiger partial charge in [0.25, 0.3) is 0 Å². The van der Waals surface area contributed by atoms with Crippen LogP contribution in [-0.4, -0.2) is 60.1 Å². The van der Waals surface area contributed by atoms with Crippen molar-refractivity contribution >= 4 is 28.6 Å². The summed E-state index contributed by atoms with van der Waals surface area (Å²) in [5, 5.41) is 9.75. The Hall–Kier alpha value is -2.48. The van der Waals surface area contributed by atoms with Crippen molar-refractivity contribution in [2.45, 2.75) is 12.8 Å². The number of hydrogen-bond donors (Lipinski definition) is 3. The molecule has 0 spiro atoms. The molecule has 1 atom stereocenters. The molecule has 0 aromatic carbocycles. The predicted octanol–water partition coefficient (Wildman–Crippen LogP) is 0.373. The minimum absolute atomic E-state index is 0.0232. The van der Waals surface area contributed by atoms with E-state index in [9.17, 15) is 4.79 Å². The standard InChI is InChI=1S/C17H23N7O/c25-15-11-24(7-6-20-15)14-8-13-16(21-5-4-19-13)17(23-14)22-10-12-2-1-3-18-9-12/h4-5,8,12,18H,1-3,6-7,9-11H2,(H,20,25)(H,22,23). The molecule has 132 valence electrons. The normalized spacial score (nSPS) is 21.2. The van der Waals surface area contributed by atoms with Crippen molar-refractivity contribution in [1.29, 1.82) is 0 Å².